The molecule has 0 spiro atoms. The number of nitrogens with one attached hydrogen (secondary N) is 8. The van der Waals surface area contributed by atoms with Gasteiger partial charge in [-0.3, -0.25) is 28.8 Å². The third-order valence-electron chi connectivity index (χ3n) is 11.1. The highest BCUT2D eigenvalue weighted by Gasteiger charge is 2.33. The highest BCUT2D eigenvalue weighted by atomic mass is 16.2. The number of fused-ring (bicyclic) bond motifs is 2. The van der Waals surface area contributed by atoms with E-state index in [0.717, 1.165) is 32.9 Å². The fourth-order valence-corrected chi connectivity index (χ4v) is 7.52. The van der Waals surface area contributed by atoms with Gasteiger partial charge in [-0.1, -0.05) is 66.7 Å². The predicted octanol–water partition coefficient (Wildman–Crippen LogP) is 1.03. The molecule has 64 heavy (non-hydrogen) atoms. The number of rotatable bonds is 23. The van der Waals surface area contributed by atoms with Crippen molar-refractivity contribution in [3.63, 3.8) is 0 Å². The summed E-state index contributed by atoms with van der Waals surface area (Å²) < 4.78 is 0. The number of H-pyrrole nitrogens is 3. The molecule has 0 aliphatic rings. The smallest absolute Gasteiger partial charge is 0.243 e. The number of nitrogens with zero attached hydrogens (tertiary/aromatic N) is 1. The molecule has 6 atom stereocenters. The van der Waals surface area contributed by atoms with Crippen molar-refractivity contribution in [2.24, 2.45) is 17.2 Å². The lowest BCUT2D eigenvalue weighted by Gasteiger charge is -2.26. The van der Waals surface area contributed by atoms with Crippen LogP contribution in [0.15, 0.2) is 104 Å². The summed E-state index contributed by atoms with van der Waals surface area (Å²) in [4.78, 5) is 95.6. The average molecular weight is 873 g/mol. The number of hydrogen-bond donors (Lipinski definition) is 11. The van der Waals surface area contributed by atoms with Gasteiger partial charge in [-0.2, -0.15) is 0 Å². The highest BCUT2D eigenvalue weighted by molar-refractivity contribution is 5.97. The van der Waals surface area contributed by atoms with E-state index in [0.29, 0.717) is 30.6 Å². The van der Waals surface area contributed by atoms with Crippen LogP contribution >= 0.6 is 0 Å². The molecule has 6 aromatic rings. The molecular weight excluding hydrogens is 817 g/mol. The maximum atomic E-state index is 14.4. The lowest BCUT2D eigenvalue weighted by molar-refractivity contribution is -0.134. The molecule has 3 aromatic carbocycles. The summed E-state index contributed by atoms with van der Waals surface area (Å²) in [6, 6.07) is 17.2. The number of carbonyl (C=O) groups is 6. The van der Waals surface area contributed by atoms with Gasteiger partial charge in [0.25, 0.3) is 0 Å². The number of amides is 6. The van der Waals surface area contributed by atoms with Gasteiger partial charge in [-0.25, -0.2) is 4.98 Å². The fourth-order valence-electron chi connectivity index (χ4n) is 7.52. The second-order valence-corrected chi connectivity index (χ2v) is 15.9. The summed E-state index contributed by atoms with van der Waals surface area (Å²) in [5.41, 5.74) is 22.0. The van der Waals surface area contributed by atoms with Gasteiger partial charge in [0.15, 0.2) is 0 Å². The van der Waals surface area contributed by atoms with Crippen molar-refractivity contribution in [1.82, 2.24) is 46.5 Å². The van der Waals surface area contributed by atoms with Crippen LogP contribution in [0.4, 0.5) is 0 Å². The van der Waals surface area contributed by atoms with E-state index in [2.05, 4.69) is 46.5 Å². The number of aromatic nitrogens is 4. The summed E-state index contributed by atoms with van der Waals surface area (Å²) in [5.74, 6) is -4.02. The average Bonchev–Trinajstić information content (AvgIpc) is 4.06. The van der Waals surface area contributed by atoms with Crippen molar-refractivity contribution in [2.75, 3.05) is 6.54 Å². The van der Waals surface area contributed by atoms with Crippen LogP contribution in [0.1, 0.15) is 48.6 Å². The molecule has 6 rings (SSSR count). The van der Waals surface area contributed by atoms with E-state index in [1.54, 1.807) is 42.9 Å². The van der Waals surface area contributed by atoms with E-state index < -0.39 is 71.7 Å². The first kappa shape index (κ1) is 46.2. The number of nitrogens with two attached hydrogens (primary N) is 3. The first-order chi connectivity index (χ1) is 30.9. The second kappa shape index (κ2) is 22.2. The second-order valence-electron chi connectivity index (χ2n) is 15.9. The molecule has 3 aromatic heterocycles. The van der Waals surface area contributed by atoms with E-state index in [1.807, 2.05) is 54.6 Å². The zero-order valence-electron chi connectivity index (χ0n) is 35.6. The first-order valence-corrected chi connectivity index (χ1v) is 21.3. The van der Waals surface area contributed by atoms with Crippen LogP contribution in [0, 0.1) is 0 Å². The Hall–Kier alpha value is -7.31. The van der Waals surface area contributed by atoms with E-state index in [9.17, 15) is 28.8 Å². The number of primary amides is 1. The first-order valence-electron chi connectivity index (χ1n) is 21.3. The molecule has 3 heterocycles. The Labute approximate surface area is 369 Å². The van der Waals surface area contributed by atoms with Crippen molar-refractivity contribution in [3.8, 4) is 0 Å². The molecule has 0 saturated heterocycles. The molecule has 0 aliphatic heterocycles. The monoisotopic (exact) mass is 872 g/mol. The topological polar surface area (TPSA) is 301 Å². The Kier molecular flexibility index (Phi) is 16.0. The van der Waals surface area contributed by atoms with Crippen LogP contribution in [0.3, 0.4) is 0 Å². The molecule has 14 N–H and O–H groups in total. The van der Waals surface area contributed by atoms with E-state index in [1.165, 1.54) is 13.3 Å². The molecule has 0 fully saturated rings. The van der Waals surface area contributed by atoms with Gasteiger partial charge in [0, 0.05) is 71.8 Å². The van der Waals surface area contributed by atoms with Gasteiger partial charge in [0.1, 0.15) is 30.2 Å². The Morgan fingerprint density at radius 2 is 1.11 bits per heavy atom. The lowest BCUT2D eigenvalue weighted by atomic mass is 10.0. The van der Waals surface area contributed by atoms with Crippen LogP contribution in [-0.2, 0) is 54.5 Å². The molecule has 336 valence electrons. The van der Waals surface area contributed by atoms with Crippen LogP contribution in [0.5, 0.6) is 0 Å². The minimum Gasteiger partial charge on any atom is -0.368 e. The van der Waals surface area contributed by atoms with Crippen molar-refractivity contribution in [1.29, 1.82) is 0 Å². The maximum Gasteiger partial charge on any atom is 0.243 e. The van der Waals surface area contributed by atoms with Crippen LogP contribution < -0.4 is 43.8 Å². The van der Waals surface area contributed by atoms with E-state index in [-0.39, 0.29) is 32.1 Å². The molecular formula is C46H56N12O6. The summed E-state index contributed by atoms with van der Waals surface area (Å²) >= 11 is 0. The van der Waals surface area contributed by atoms with E-state index >= 15 is 0 Å². The third-order valence-corrected chi connectivity index (χ3v) is 11.1. The van der Waals surface area contributed by atoms with Gasteiger partial charge in [-0.05, 0) is 61.6 Å². The van der Waals surface area contributed by atoms with Crippen molar-refractivity contribution in [2.45, 2.75) is 88.1 Å². The van der Waals surface area contributed by atoms with Gasteiger partial charge in [0.05, 0.1) is 12.4 Å². The number of aromatic amines is 3. The normalized spacial score (nSPS) is 14.1. The standard InChI is InChI=1S/C46H56N12O6/c1-27(54-44(62)39(20-29-23-51-35-15-7-5-13-32(29)35)57-43(61)34(48)22-31-25-50-26-53-31)42(60)56-40(21-30-24-52-36-16-8-6-14-33(30)36)46(64)58-38(19-28-11-3-2-4-12-28)45(63)55-37(41(49)59)17-9-10-18-47/h2-8,11-16,23-27,34,37-40,51-52H,9-10,17-22,47-48H2,1H3,(H2,49,59)(H,50,53)(H,54,62)(H,55,63)(H,56,60)(H,57,61)(H,58,64)/t27-,34+,37+,38+,39+,40-/m1/s1. The molecule has 0 unspecified atom stereocenters. The maximum absolute atomic E-state index is 14.4. The Morgan fingerprint density at radius 1 is 0.594 bits per heavy atom. The van der Waals surface area contributed by atoms with Gasteiger partial charge in [0.2, 0.25) is 35.4 Å². The van der Waals surface area contributed by atoms with Crippen LogP contribution in [0.2, 0.25) is 0 Å². The van der Waals surface area contributed by atoms with Crippen LogP contribution in [-0.4, -0.2) is 98.2 Å². The number of imidazole rings is 1. The predicted molar refractivity (Wildman–Crippen MR) is 242 cm³/mol. The zero-order valence-corrected chi connectivity index (χ0v) is 35.6. The Morgan fingerprint density at radius 3 is 1.67 bits per heavy atom. The van der Waals surface area contributed by atoms with Gasteiger partial charge in [-0.15, -0.1) is 0 Å². The summed E-state index contributed by atoms with van der Waals surface area (Å²) in [7, 11) is 0. The van der Waals surface area contributed by atoms with Crippen LogP contribution in [0.25, 0.3) is 21.8 Å². The van der Waals surface area contributed by atoms with Crippen molar-refractivity contribution >= 4 is 57.2 Å². The summed E-state index contributed by atoms with van der Waals surface area (Å²) in [5, 5.41) is 15.5. The van der Waals surface area contributed by atoms with Gasteiger partial charge < -0.3 is 58.7 Å². The number of para-hydroxylation sites is 2. The minimum atomic E-state index is -1.25. The van der Waals surface area contributed by atoms with Gasteiger partial charge >= 0.3 is 0 Å². The molecule has 6 amide bonds. The summed E-state index contributed by atoms with van der Waals surface area (Å²) in [6.45, 7) is 1.87. The number of carbonyl (C=O) groups excluding carboxylic acids is 6. The fraction of sp³-hybridized carbons (Fsp3) is 0.326. The van der Waals surface area contributed by atoms with Crippen molar-refractivity contribution in [3.05, 3.63) is 126 Å². The quantitative estimate of drug-likeness (QED) is 0.0409. The molecule has 18 heteroatoms. The highest BCUT2D eigenvalue weighted by Crippen LogP contribution is 2.21. The lowest BCUT2D eigenvalue weighted by Crippen LogP contribution is -2.59. The van der Waals surface area contributed by atoms with E-state index in [4.69, 9.17) is 17.2 Å². The third kappa shape index (κ3) is 12.4. The molecule has 0 aliphatic carbocycles. The summed E-state index contributed by atoms with van der Waals surface area (Å²) in [6.07, 6.45) is 8.21. The molecule has 18 nitrogen and oxygen atoms in total. The number of unbranched alkanes of at least 4 members (excludes halogenated alkanes) is 1. The molecule has 0 bridgehead atoms. The Bertz CT molecular complexity index is 2520. The zero-order chi connectivity index (χ0) is 45.6. The molecule has 0 radical (unpaired) electrons. The number of benzene rings is 3. The Balaban J connectivity index is 1.22. The minimum absolute atomic E-state index is 0.00159. The van der Waals surface area contributed by atoms with Crippen molar-refractivity contribution < 1.29 is 28.8 Å². The SMILES string of the molecule is C[C@@H](NC(=O)[C@H](Cc1c[nH]c2ccccc12)NC(=O)[C@@H](N)Cc1cnc[nH]1)C(=O)N[C@H](Cc1c[nH]c2ccccc12)C(=O)N[C@@H](Cc1ccccc1)C(=O)N[C@@H](CCCCN)C(N)=O. The number of hydrogen-bond acceptors (Lipinski definition) is 9. The largest absolute Gasteiger partial charge is 0.368 e. The molecule has 0 saturated carbocycles.